The van der Waals surface area contributed by atoms with Crippen LogP contribution in [0.15, 0.2) is 17.5 Å². The molecule has 0 bridgehead atoms. The number of nitrogens with one attached hydrogen (secondary N) is 1. The summed E-state index contributed by atoms with van der Waals surface area (Å²) in [5.74, 6) is 0. The lowest BCUT2D eigenvalue weighted by Gasteiger charge is -1.91. The van der Waals surface area contributed by atoms with Gasteiger partial charge in [0.2, 0.25) is 0 Å². The Morgan fingerprint density at radius 2 is 2.20 bits per heavy atom. The summed E-state index contributed by atoms with van der Waals surface area (Å²) in [7, 11) is 1.94. The van der Waals surface area contributed by atoms with Crippen molar-refractivity contribution in [2.75, 3.05) is 7.05 Å². The van der Waals surface area contributed by atoms with Crippen LogP contribution in [-0.2, 0) is 6.54 Å². The zero-order valence-electron chi connectivity index (χ0n) is 8.61. The molecule has 0 aliphatic heterocycles. The third-order valence-electron chi connectivity index (χ3n) is 1.87. The highest BCUT2D eigenvalue weighted by Crippen LogP contribution is 2.28. The quantitative estimate of drug-likeness (QED) is 0.916. The van der Waals surface area contributed by atoms with Gasteiger partial charge in [-0.3, -0.25) is 0 Å². The lowest BCUT2D eigenvalue weighted by Crippen LogP contribution is -2.04. The standard InChI is InChI=1S/C10H12N2S2.ClH/c1-7-3-4-9(14-7)8-6-13-10(12-8)5-11-2;/h3-4,6,11H,5H2,1-2H3;1H. The molecule has 0 saturated carbocycles. The van der Waals surface area contributed by atoms with Crippen molar-refractivity contribution in [3.8, 4) is 10.6 Å². The summed E-state index contributed by atoms with van der Waals surface area (Å²) in [5.41, 5.74) is 1.11. The smallest absolute Gasteiger partial charge is 0.107 e. The van der Waals surface area contributed by atoms with E-state index in [-0.39, 0.29) is 12.4 Å². The molecule has 0 saturated heterocycles. The largest absolute Gasteiger partial charge is 0.314 e. The Hall–Kier alpha value is -0.420. The molecule has 0 aliphatic rings. The van der Waals surface area contributed by atoms with Gasteiger partial charge >= 0.3 is 0 Å². The molecule has 0 aliphatic carbocycles. The number of hydrogen-bond acceptors (Lipinski definition) is 4. The molecule has 2 rings (SSSR count). The van der Waals surface area contributed by atoms with Crippen LogP contribution in [0.25, 0.3) is 10.6 Å². The summed E-state index contributed by atoms with van der Waals surface area (Å²) in [6, 6.07) is 4.27. The van der Waals surface area contributed by atoms with Gasteiger partial charge in [-0.05, 0) is 26.1 Å². The van der Waals surface area contributed by atoms with Gasteiger partial charge < -0.3 is 5.32 Å². The molecule has 5 heteroatoms. The van der Waals surface area contributed by atoms with Crippen molar-refractivity contribution >= 4 is 35.1 Å². The Labute approximate surface area is 104 Å². The molecule has 2 nitrogen and oxygen atoms in total. The van der Waals surface area contributed by atoms with E-state index in [2.05, 4.69) is 34.7 Å². The van der Waals surface area contributed by atoms with Gasteiger partial charge in [-0.1, -0.05) is 0 Å². The van der Waals surface area contributed by atoms with Crippen LogP contribution in [0.5, 0.6) is 0 Å². The fraction of sp³-hybridized carbons (Fsp3) is 0.300. The summed E-state index contributed by atoms with van der Waals surface area (Å²) < 4.78 is 0. The van der Waals surface area contributed by atoms with Crippen LogP contribution >= 0.6 is 35.1 Å². The van der Waals surface area contributed by atoms with Gasteiger partial charge in [-0.25, -0.2) is 4.98 Å². The van der Waals surface area contributed by atoms with Gasteiger partial charge in [0.25, 0.3) is 0 Å². The average Bonchev–Trinajstić information content (AvgIpc) is 2.74. The van der Waals surface area contributed by atoms with Gasteiger partial charge in [0.15, 0.2) is 0 Å². The molecular weight excluding hydrogens is 248 g/mol. The molecule has 2 aromatic heterocycles. The first-order valence-electron chi connectivity index (χ1n) is 4.45. The van der Waals surface area contributed by atoms with E-state index in [1.807, 2.05) is 7.05 Å². The molecular formula is C10H13ClN2S2. The average molecular weight is 261 g/mol. The van der Waals surface area contributed by atoms with E-state index >= 15 is 0 Å². The van der Waals surface area contributed by atoms with Gasteiger partial charge in [-0.2, -0.15) is 0 Å². The van der Waals surface area contributed by atoms with Crippen LogP contribution in [0, 0.1) is 6.92 Å². The van der Waals surface area contributed by atoms with Gasteiger partial charge in [0.05, 0.1) is 10.6 Å². The minimum Gasteiger partial charge on any atom is -0.314 e. The van der Waals surface area contributed by atoms with Crippen LogP contribution in [0.3, 0.4) is 0 Å². The van der Waals surface area contributed by atoms with Crippen molar-refractivity contribution in [1.29, 1.82) is 0 Å². The molecule has 0 radical (unpaired) electrons. The third kappa shape index (κ3) is 3.01. The van der Waals surface area contributed by atoms with Crippen molar-refractivity contribution in [2.45, 2.75) is 13.5 Å². The van der Waals surface area contributed by atoms with Crippen molar-refractivity contribution in [3.63, 3.8) is 0 Å². The molecule has 0 atom stereocenters. The third-order valence-corrected chi connectivity index (χ3v) is 3.74. The van der Waals surface area contributed by atoms with Crippen LogP contribution in [-0.4, -0.2) is 12.0 Å². The van der Waals surface area contributed by atoms with E-state index in [1.54, 1.807) is 22.7 Å². The summed E-state index contributed by atoms with van der Waals surface area (Å²) in [6.07, 6.45) is 0. The maximum absolute atomic E-state index is 4.55. The van der Waals surface area contributed by atoms with Crippen LogP contribution in [0.2, 0.25) is 0 Å². The zero-order valence-corrected chi connectivity index (χ0v) is 11.1. The van der Waals surface area contributed by atoms with E-state index in [0.29, 0.717) is 0 Å². The first kappa shape index (κ1) is 12.6. The van der Waals surface area contributed by atoms with E-state index in [1.165, 1.54) is 9.75 Å². The summed E-state index contributed by atoms with van der Waals surface area (Å²) in [6.45, 7) is 2.98. The SMILES string of the molecule is CNCc1nc(-c2ccc(C)s2)cs1.Cl. The topological polar surface area (TPSA) is 24.9 Å². The fourth-order valence-electron chi connectivity index (χ4n) is 1.23. The minimum atomic E-state index is 0. The normalized spacial score (nSPS) is 10.0. The highest BCUT2D eigenvalue weighted by atomic mass is 35.5. The maximum atomic E-state index is 4.55. The minimum absolute atomic E-state index is 0. The molecule has 2 heterocycles. The van der Waals surface area contributed by atoms with E-state index in [0.717, 1.165) is 17.2 Å². The molecule has 0 fully saturated rings. The van der Waals surface area contributed by atoms with Gasteiger partial charge in [0, 0.05) is 16.8 Å². The zero-order chi connectivity index (χ0) is 9.97. The molecule has 0 unspecified atom stereocenters. The van der Waals surface area contributed by atoms with E-state index in [4.69, 9.17) is 0 Å². The Morgan fingerprint density at radius 3 is 2.80 bits per heavy atom. The highest BCUT2D eigenvalue weighted by molar-refractivity contribution is 7.16. The first-order chi connectivity index (χ1) is 6.79. The lowest BCUT2D eigenvalue weighted by molar-refractivity contribution is 0.811. The molecule has 0 aromatic carbocycles. The van der Waals surface area contributed by atoms with Crippen molar-refractivity contribution in [1.82, 2.24) is 10.3 Å². The van der Waals surface area contributed by atoms with Crippen molar-refractivity contribution in [2.24, 2.45) is 0 Å². The molecule has 82 valence electrons. The van der Waals surface area contributed by atoms with E-state index in [9.17, 15) is 0 Å². The second-order valence-corrected chi connectivity index (χ2v) is 5.30. The Bertz CT molecular complexity index is 422. The molecule has 15 heavy (non-hydrogen) atoms. The number of thiazole rings is 1. The summed E-state index contributed by atoms with van der Waals surface area (Å²) >= 11 is 3.51. The second-order valence-electron chi connectivity index (χ2n) is 3.07. The summed E-state index contributed by atoms with van der Waals surface area (Å²) in [5, 5.41) is 6.38. The number of thiophene rings is 1. The molecule has 1 N–H and O–H groups in total. The highest BCUT2D eigenvalue weighted by Gasteiger charge is 2.05. The Balaban J connectivity index is 0.00000112. The lowest BCUT2D eigenvalue weighted by atomic mass is 10.4. The van der Waals surface area contributed by atoms with Crippen LogP contribution < -0.4 is 5.32 Å². The second kappa shape index (κ2) is 5.61. The number of halogens is 1. The van der Waals surface area contributed by atoms with Crippen molar-refractivity contribution < 1.29 is 0 Å². The Morgan fingerprint density at radius 1 is 1.40 bits per heavy atom. The number of nitrogens with zero attached hydrogens (tertiary/aromatic N) is 1. The Kier molecular flexibility index (Phi) is 4.73. The van der Waals surface area contributed by atoms with Crippen LogP contribution in [0.4, 0.5) is 0 Å². The monoisotopic (exact) mass is 260 g/mol. The van der Waals surface area contributed by atoms with Crippen LogP contribution in [0.1, 0.15) is 9.88 Å². The number of hydrogen-bond donors (Lipinski definition) is 1. The molecule has 0 amide bonds. The maximum Gasteiger partial charge on any atom is 0.107 e. The number of aromatic nitrogens is 1. The number of rotatable bonds is 3. The number of aryl methyl sites for hydroxylation is 1. The fourth-order valence-corrected chi connectivity index (χ4v) is 2.94. The van der Waals surface area contributed by atoms with Gasteiger partial charge in [0.1, 0.15) is 5.01 Å². The molecule has 0 spiro atoms. The predicted octanol–water partition coefficient (Wildman–Crippen LogP) is 3.32. The molecule has 2 aromatic rings. The predicted molar refractivity (Wildman–Crippen MR) is 70.2 cm³/mol. The van der Waals surface area contributed by atoms with E-state index < -0.39 is 0 Å². The van der Waals surface area contributed by atoms with Gasteiger partial charge in [-0.15, -0.1) is 35.1 Å². The first-order valence-corrected chi connectivity index (χ1v) is 6.15. The summed E-state index contributed by atoms with van der Waals surface area (Å²) in [4.78, 5) is 7.15. The van der Waals surface area contributed by atoms with Crippen molar-refractivity contribution in [3.05, 3.63) is 27.4 Å².